The maximum Gasteiger partial charge on any atom is 0.294 e. The molecule has 0 spiro atoms. The van der Waals surface area contributed by atoms with Crippen LogP contribution in [0.2, 0.25) is 0 Å². The minimum atomic E-state index is -0.992. The van der Waals surface area contributed by atoms with Gasteiger partial charge in [-0.1, -0.05) is 28.1 Å². The number of anilines is 1. The van der Waals surface area contributed by atoms with E-state index >= 15 is 0 Å². The molecule has 1 unspecified atom stereocenters. The first kappa shape index (κ1) is 21.9. The van der Waals surface area contributed by atoms with Crippen LogP contribution in [0.3, 0.4) is 0 Å². The maximum atomic E-state index is 13.7. The lowest BCUT2D eigenvalue weighted by molar-refractivity contribution is -0.117. The van der Waals surface area contributed by atoms with Gasteiger partial charge in [-0.3, -0.25) is 14.5 Å². The van der Waals surface area contributed by atoms with Crippen molar-refractivity contribution < 1.29 is 28.2 Å². The highest BCUT2D eigenvalue weighted by atomic mass is 79.9. The monoisotopic (exact) mass is 521 g/mol. The van der Waals surface area contributed by atoms with Crippen molar-refractivity contribution in [2.24, 2.45) is 0 Å². The van der Waals surface area contributed by atoms with Crippen molar-refractivity contribution >= 4 is 44.3 Å². The van der Waals surface area contributed by atoms with Gasteiger partial charge in [-0.05, 0) is 66.2 Å². The number of methoxy groups -OCH3 is 1. The zero-order valence-corrected chi connectivity index (χ0v) is 19.4. The van der Waals surface area contributed by atoms with Gasteiger partial charge in [0.05, 0.1) is 18.7 Å². The number of ether oxygens (including phenoxy) is 1. The predicted octanol–water partition coefficient (Wildman–Crippen LogP) is 6.13. The summed E-state index contributed by atoms with van der Waals surface area (Å²) < 4.78 is 25.4. The molecular weight excluding hydrogens is 505 g/mol. The molecule has 1 atom stereocenters. The van der Waals surface area contributed by atoms with E-state index in [1.54, 1.807) is 48.5 Å². The summed E-state index contributed by atoms with van der Waals surface area (Å²) in [6.45, 7) is 0. The van der Waals surface area contributed by atoms with E-state index in [1.165, 1.54) is 36.3 Å². The van der Waals surface area contributed by atoms with Crippen molar-refractivity contribution in [1.29, 1.82) is 0 Å². The van der Waals surface area contributed by atoms with Gasteiger partial charge < -0.3 is 14.3 Å². The van der Waals surface area contributed by atoms with Crippen LogP contribution in [-0.2, 0) is 4.79 Å². The summed E-state index contributed by atoms with van der Waals surface area (Å²) in [5.41, 5.74) is 1.23. The molecule has 4 aromatic rings. The molecule has 1 aromatic heterocycles. The topological polar surface area (TPSA) is 80.0 Å². The van der Waals surface area contributed by atoms with Crippen LogP contribution in [0.1, 0.15) is 22.2 Å². The molecule has 2 heterocycles. The second-order valence-corrected chi connectivity index (χ2v) is 8.63. The van der Waals surface area contributed by atoms with Gasteiger partial charge in [0.15, 0.2) is 11.5 Å². The third-order valence-electron chi connectivity index (χ3n) is 5.69. The Balaban J connectivity index is 1.64. The molecule has 0 saturated carbocycles. The number of hydrogen-bond donors (Lipinski definition) is 1. The Morgan fingerprint density at radius 3 is 2.44 bits per heavy atom. The molecule has 5 rings (SSSR count). The highest BCUT2D eigenvalue weighted by molar-refractivity contribution is 9.10. The molecule has 6 nitrogen and oxygen atoms in total. The SMILES string of the molecule is COc1ccc(N2C(=O)C(O)=C(C(=O)c3cc4cc(Br)ccc4o3)C2c2ccc(F)cc2)cc1. The minimum Gasteiger partial charge on any atom is -0.503 e. The second-order valence-electron chi connectivity index (χ2n) is 7.71. The summed E-state index contributed by atoms with van der Waals surface area (Å²) in [6, 6.07) is 17.9. The number of ketones is 1. The van der Waals surface area contributed by atoms with Crippen molar-refractivity contribution in [2.45, 2.75) is 6.04 Å². The van der Waals surface area contributed by atoms with Gasteiger partial charge in [-0.15, -0.1) is 0 Å². The quantitative estimate of drug-likeness (QED) is 0.319. The fourth-order valence-corrected chi connectivity index (χ4v) is 4.44. The van der Waals surface area contributed by atoms with E-state index in [1.807, 2.05) is 0 Å². The van der Waals surface area contributed by atoms with E-state index in [0.29, 0.717) is 28.0 Å². The number of furan rings is 1. The maximum absolute atomic E-state index is 13.7. The first-order valence-electron chi connectivity index (χ1n) is 10.3. The average molecular weight is 522 g/mol. The smallest absolute Gasteiger partial charge is 0.294 e. The molecule has 170 valence electrons. The molecule has 0 aliphatic carbocycles. The van der Waals surface area contributed by atoms with Crippen LogP contribution in [-0.4, -0.2) is 23.9 Å². The summed E-state index contributed by atoms with van der Waals surface area (Å²) in [6.07, 6.45) is 0. The van der Waals surface area contributed by atoms with Crippen LogP contribution in [0, 0.1) is 5.82 Å². The van der Waals surface area contributed by atoms with Gasteiger partial charge in [0.25, 0.3) is 5.91 Å². The van der Waals surface area contributed by atoms with Crippen molar-refractivity contribution in [3.05, 3.63) is 106 Å². The average Bonchev–Trinajstić information content (AvgIpc) is 3.38. The highest BCUT2D eigenvalue weighted by Gasteiger charge is 2.45. The zero-order valence-electron chi connectivity index (χ0n) is 17.8. The van der Waals surface area contributed by atoms with Gasteiger partial charge in [-0.2, -0.15) is 0 Å². The number of hydrogen-bond acceptors (Lipinski definition) is 5. The lowest BCUT2D eigenvalue weighted by Crippen LogP contribution is -2.31. The number of carbonyl (C=O) groups is 2. The largest absolute Gasteiger partial charge is 0.503 e. The van der Waals surface area contributed by atoms with Crippen molar-refractivity contribution in [3.63, 3.8) is 0 Å². The van der Waals surface area contributed by atoms with Gasteiger partial charge in [-0.25, -0.2) is 4.39 Å². The fourth-order valence-electron chi connectivity index (χ4n) is 4.07. The normalized spacial score (nSPS) is 15.9. The molecule has 0 radical (unpaired) electrons. The number of nitrogens with zero attached hydrogens (tertiary/aromatic N) is 1. The number of amides is 1. The number of fused-ring (bicyclic) bond motifs is 1. The number of halogens is 2. The summed E-state index contributed by atoms with van der Waals surface area (Å²) in [7, 11) is 1.52. The molecule has 1 amide bonds. The highest BCUT2D eigenvalue weighted by Crippen LogP contribution is 2.42. The van der Waals surface area contributed by atoms with Crippen LogP contribution >= 0.6 is 15.9 Å². The Labute approximate surface area is 202 Å². The molecule has 1 aliphatic rings. The summed E-state index contributed by atoms with van der Waals surface area (Å²) >= 11 is 3.39. The van der Waals surface area contributed by atoms with E-state index < -0.39 is 29.3 Å². The Morgan fingerprint density at radius 1 is 1.06 bits per heavy atom. The van der Waals surface area contributed by atoms with Crippen LogP contribution in [0.4, 0.5) is 10.1 Å². The summed E-state index contributed by atoms with van der Waals surface area (Å²) in [5.74, 6) is -1.98. The van der Waals surface area contributed by atoms with Crippen LogP contribution < -0.4 is 9.64 Å². The fraction of sp³-hybridized carbons (Fsp3) is 0.0769. The van der Waals surface area contributed by atoms with E-state index in [4.69, 9.17) is 9.15 Å². The number of aliphatic hydroxyl groups is 1. The van der Waals surface area contributed by atoms with Crippen LogP contribution in [0.15, 0.2) is 93.0 Å². The van der Waals surface area contributed by atoms with Gasteiger partial charge in [0.2, 0.25) is 5.78 Å². The first-order chi connectivity index (χ1) is 16.4. The molecule has 0 bridgehead atoms. The van der Waals surface area contributed by atoms with Gasteiger partial charge in [0, 0.05) is 15.5 Å². The Morgan fingerprint density at radius 2 is 1.76 bits per heavy atom. The van der Waals surface area contributed by atoms with E-state index in [0.717, 1.165) is 4.47 Å². The molecule has 3 aromatic carbocycles. The predicted molar refractivity (Wildman–Crippen MR) is 128 cm³/mol. The number of Topliss-reactive ketones (excluding diaryl/α,β-unsaturated/α-hetero) is 1. The van der Waals surface area contributed by atoms with Gasteiger partial charge in [0.1, 0.15) is 17.1 Å². The van der Waals surface area contributed by atoms with E-state index in [-0.39, 0.29) is 11.3 Å². The van der Waals surface area contributed by atoms with Crippen molar-refractivity contribution in [3.8, 4) is 5.75 Å². The number of aliphatic hydroxyl groups excluding tert-OH is 1. The molecule has 34 heavy (non-hydrogen) atoms. The minimum absolute atomic E-state index is 0.0221. The van der Waals surface area contributed by atoms with E-state index in [2.05, 4.69) is 15.9 Å². The lowest BCUT2D eigenvalue weighted by atomic mass is 9.94. The lowest BCUT2D eigenvalue weighted by Gasteiger charge is -2.27. The summed E-state index contributed by atoms with van der Waals surface area (Å²) in [5, 5.41) is 11.5. The summed E-state index contributed by atoms with van der Waals surface area (Å²) in [4.78, 5) is 28.1. The zero-order chi connectivity index (χ0) is 24.0. The molecular formula is C26H17BrFNO5. The standard InChI is InChI=1S/C26H17BrFNO5/c1-33-19-9-7-18(8-10-19)29-23(14-2-5-17(28)6-3-14)22(25(31)26(29)32)24(30)21-13-15-12-16(27)4-11-20(15)34-21/h2-13,23,31H,1H3. The Hall–Kier alpha value is -3.91. The van der Waals surface area contributed by atoms with Crippen molar-refractivity contribution in [2.75, 3.05) is 12.0 Å². The van der Waals surface area contributed by atoms with E-state index in [9.17, 15) is 19.1 Å². The first-order valence-corrected chi connectivity index (χ1v) is 11.1. The number of benzene rings is 3. The Bertz CT molecular complexity index is 1460. The molecule has 1 N–H and O–H groups in total. The van der Waals surface area contributed by atoms with Crippen molar-refractivity contribution in [1.82, 2.24) is 0 Å². The second kappa shape index (κ2) is 8.46. The molecule has 0 fully saturated rings. The van der Waals surface area contributed by atoms with Crippen LogP contribution in [0.5, 0.6) is 5.75 Å². The van der Waals surface area contributed by atoms with Crippen LogP contribution in [0.25, 0.3) is 11.0 Å². The third-order valence-corrected chi connectivity index (χ3v) is 6.18. The van der Waals surface area contributed by atoms with Gasteiger partial charge >= 0.3 is 0 Å². The number of rotatable bonds is 5. The molecule has 0 saturated heterocycles. The molecule has 1 aliphatic heterocycles. The third kappa shape index (κ3) is 3.66. The number of carbonyl (C=O) groups excluding carboxylic acids is 2. The molecule has 8 heteroatoms. The Kier molecular flexibility index (Phi) is 5.45.